The van der Waals surface area contributed by atoms with Crippen LogP contribution in [0.5, 0.6) is 0 Å². The standard InChI is InChI=1S/C13H18N4.H3N/c1-3-6-11-10-13(17-9-5-8-14-17)16-12(15-11)7-4-2;/h5,8-10H,3-4,6-7H2,1-2H3;1H3. The SMILES string of the molecule is CCCc1cc(-n2cccn2)nc(CCC)n1.N. The van der Waals surface area contributed by atoms with E-state index in [0.29, 0.717) is 0 Å². The summed E-state index contributed by atoms with van der Waals surface area (Å²) in [4.78, 5) is 9.11. The fraction of sp³-hybridized carbons (Fsp3) is 0.462. The maximum atomic E-state index is 4.57. The molecule has 5 nitrogen and oxygen atoms in total. The normalized spacial score (nSPS) is 10.1. The fourth-order valence-electron chi connectivity index (χ4n) is 1.78. The average molecular weight is 247 g/mol. The van der Waals surface area contributed by atoms with Crippen LogP contribution in [0.4, 0.5) is 0 Å². The third kappa shape index (κ3) is 3.37. The van der Waals surface area contributed by atoms with Crippen LogP contribution in [0.25, 0.3) is 5.82 Å². The minimum absolute atomic E-state index is 0. The molecule has 0 aromatic carbocycles. The summed E-state index contributed by atoms with van der Waals surface area (Å²) in [6.45, 7) is 4.30. The van der Waals surface area contributed by atoms with E-state index in [1.54, 1.807) is 10.9 Å². The summed E-state index contributed by atoms with van der Waals surface area (Å²) in [5.74, 6) is 1.79. The fourth-order valence-corrected chi connectivity index (χ4v) is 1.78. The lowest BCUT2D eigenvalue weighted by atomic mass is 10.2. The molecule has 5 heteroatoms. The van der Waals surface area contributed by atoms with Crippen LogP contribution < -0.4 is 6.15 Å². The molecule has 2 aromatic heterocycles. The topological polar surface area (TPSA) is 78.6 Å². The van der Waals surface area contributed by atoms with Gasteiger partial charge in [-0.1, -0.05) is 20.3 Å². The highest BCUT2D eigenvalue weighted by Gasteiger charge is 2.05. The summed E-state index contributed by atoms with van der Waals surface area (Å²) in [5, 5.41) is 4.22. The first-order chi connectivity index (χ1) is 8.33. The van der Waals surface area contributed by atoms with Gasteiger partial charge >= 0.3 is 0 Å². The second-order valence-corrected chi connectivity index (χ2v) is 4.08. The molecule has 0 unspecified atom stereocenters. The highest BCUT2D eigenvalue weighted by atomic mass is 15.3. The van der Waals surface area contributed by atoms with Crippen LogP contribution in [-0.4, -0.2) is 19.7 Å². The van der Waals surface area contributed by atoms with Crippen molar-refractivity contribution in [3.8, 4) is 5.82 Å². The molecule has 0 radical (unpaired) electrons. The summed E-state index contributed by atoms with van der Waals surface area (Å²) >= 11 is 0. The summed E-state index contributed by atoms with van der Waals surface area (Å²) in [6.07, 6.45) is 7.75. The van der Waals surface area contributed by atoms with E-state index in [1.165, 1.54) is 0 Å². The average Bonchev–Trinajstić information content (AvgIpc) is 2.83. The molecule has 0 spiro atoms. The van der Waals surface area contributed by atoms with Crippen molar-refractivity contribution in [2.75, 3.05) is 0 Å². The predicted molar refractivity (Wildman–Crippen MR) is 72.2 cm³/mol. The van der Waals surface area contributed by atoms with Gasteiger partial charge in [-0.3, -0.25) is 0 Å². The van der Waals surface area contributed by atoms with Crippen molar-refractivity contribution in [2.24, 2.45) is 0 Å². The van der Waals surface area contributed by atoms with Crippen LogP contribution >= 0.6 is 0 Å². The number of hydrogen-bond donors (Lipinski definition) is 1. The number of rotatable bonds is 5. The summed E-state index contributed by atoms with van der Waals surface area (Å²) < 4.78 is 1.79. The molecule has 3 N–H and O–H groups in total. The predicted octanol–water partition coefficient (Wildman–Crippen LogP) is 2.73. The van der Waals surface area contributed by atoms with Crippen LogP contribution in [0.1, 0.15) is 38.2 Å². The van der Waals surface area contributed by atoms with Gasteiger partial charge in [0.15, 0.2) is 5.82 Å². The van der Waals surface area contributed by atoms with Crippen molar-refractivity contribution in [2.45, 2.75) is 39.5 Å². The molecule has 0 aliphatic carbocycles. The van der Waals surface area contributed by atoms with Gasteiger partial charge in [-0.2, -0.15) is 5.10 Å². The molecule has 0 atom stereocenters. The van der Waals surface area contributed by atoms with E-state index in [4.69, 9.17) is 0 Å². The number of hydrogen-bond acceptors (Lipinski definition) is 4. The Balaban J connectivity index is 0.00000162. The summed E-state index contributed by atoms with van der Waals surface area (Å²) in [6, 6.07) is 3.93. The minimum atomic E-state index is 0. The summed E-state index contributed by atoms with van der Waals surface area (Å²) in [7, 11) is 0. The monoisotopic (exact) mass is 247 g/mol. The number of nitrogens with zero attached hydrogens (tertiary/aromatic N) is 4. The van der Waals surface area contributed by atoms with Crippen LogP contribution in [0, 0.1) is 0 Å². The quantitative estimate of drug-likeness (QED) is 0.881. The molecule has 0 aliphatic heterocycles. The Kier molecular flexibility index (Phi) is 5.45. The van der Waals surface area contributed by atoms with Gasteiger partial charge in [0.25, 0.3) is 0 Å². The minimum Gasteiger partial charge on any atom is -0.344 e. The zero-order chi connectivity index (χ0) is 12.1. The molecular formula is C13H21N5. The van der Waals surface area contributed by atoms with Crippen molar-refractivity contribution in [1.29, 1.82) is 0 Å². The van der Waals surface area contributed by atoms with E-state index in [2.05, 4.69) is 28.9 Å². The van der Waals surface area contributed by atoms with Gasteiger partial charge in [0.2, 0.25) is 0 Å². The molecule has 0 saturated carbocycles. The van der Waals surface area contributed by atoms with Crippen LogP contribution in [0.15, 0.2) is 24.5 Å². The van der Waals surface area contributed by atoms with Crippen molar-refractivity contribution in [3.63, 3.8) is 0 Å². The molecule has 0 aliphatic rings. The first-order valence-corrected chi connectivity index (χ1v) is 6.20. The molecule has 0 bridgehead atoms. The third-order valence-electron chi connectivity index (χ3n) is 2.53. The second-order valence-electron chi connectivity index (χ2n) is 4.08. The molecule has 0 fully saturated rings. The van der Waals surface area contributed by atoms with Crippen LogP contribution in [-0.2, 0) is 12.8 Å². The molecule has 0 amide bonds. The van der Waals surface area contributed by atoms with Gasteiger partial charge in [-0.25, -0.2) is 14.6 Å². The van der Waals surface area contributed by atoms with Crippen LogP contribution in [0.3, 0.4) is 0 Å². The molecule has 0 saturated heterocycles. The maximum absolute atomic E-state index is 4.57. The molecule has 98 valence electrons. The van der Waals surface area contributed by atoms with Crippen molar-refractivity contribution >= 4 is 0 Å². The molecule has 18 heavy (non-hydrogen) atoms. The van der Waals surface area contributed by atoms with Crippen molar-refractivity contribution in [3.05, 3.63) is 36.0 Å². The van der Waals surface area contributed by atoms with Gasteiger partial charge < -0.3 is 6.15 Å². The first kappa shape index (κ1) is 14.3. The number of aryl methyl sites for hydroxylation is 2. The zero-order valence-corrected chi connectivity index (χ0v) is 11.1. The van der Waals surface area contributed by atoms with Crippen molar-refractivity contribution < 1.29 is 0 Å². The van der Waals surface area contributed by atoms with E-state index in [0.717, 1.165) is 43.0 Å². The highest BCUT2D eigenvalue weighted by Crippen LogP contribution is 2.09. The largest absolute Gasteiger partial charge is 0.344 e. The zero-order valence-electron chi connectivity index (χ0n) is 11.1. The Morgan fingerprint density at radius 1 is 1.11 bits per heavy atom. The molecule has 2 aromatic rings. The van der Waals surface area contributed by atoms with Gasteiger partial charge in [0.05, 0.1) is 0 Å². The maximum Gasteiger partial charge on any atom is 0.157 e. The lowest BCUT2D eigenvalue weighted by Gasteiger charge is -2.07. The molecular weight excluding hydrogens is 226 g/mol. The van der Waals surface area contributed by atoms with Gasteiger partial charge in [-0.15, -0.1) is 0 Å². The Bertz CT molecular complexity index is 440. The van der Waals surface area contributed by atoms with Gasteiger partial charge in [0, 0.05) is 30.6 Å². The summed E-state index contributed by atoms with van der Waals surface area (Å²) in [5.41, 5.74) is 1.11. The molecule has 2 rings (SSSR count). The number of aromatic nitrogens is 4. The third-order valence-corrected chi connectivity index (χ3v) is 2.53. The first-order valence-electron chi connectivity index (χ1n) is 6.20. The van der Waals surface area contributed by atoms with Gasteiger partial charge in [0.1, 0.15) is 5.82 Å². The Morgan fingerprint density at radius 3 is 2.50 bits per heavy atom. The highest BCUT2D eigenvalue weighted by molar-refractivity contribution is 5.24. The Hall–Kier alpha value is -1.75. The lowest BCUT2D eigenvalue weighted by molar-refractivity contribution is 0.757. The lowest BCUT2D eigenvalue weighted by Crippen LogP contribution is -2.06. The second kappa shape index (κ2) is 6.86. The van der Waals surface area contributed by atoms with E-state index in [1.807, 2.05) is 18.3 Å². The van der Waals surface area contributed by atoms with E-state index in [-0.39, 0.29) is 6.15 Å². The van der Waals surface area contributed by atoms with E-state index in [9.17, 15) is 0 Å². The Morgan fingerprint density at radius 2 is 1.89 bits per heavy atom. The van der Waals surface area contributed by atoms with Crippen molar-refractivity contribution in [1.82, 2.24) is 25.9 Å². The van der Waals surface area contributed by atoms with Crippen LogP contribution in [0.2, 0.25) is 0 Å². The van der Waals surface area contributed by atoms with E-state index < -0.39 is 0 Å². The van der Waals surface area contributed by atoms with Gasteiger partial charge in [-0.05, 0) is 18.9 Å². The Labute approximate surface area is 108 Å². The molecule has 2 heterocycles. The smallest absolute Gasteiger partial charge is 0.157 e. The van der Waals surface area contributed by atoms with E-state index >= 15 is 0 Å².